The number of H-pyrrole nitrogens is 2. The van der Waals surface area contributed by atoms with Gasteiger partial charge in [0.05, 0.1) is 12.6 Å². The Hall–Kier alpha value is -1.93. The van der Waals surface area contributed by atoms with E-state index in [4.69, 9.17) is 9.84 Å². The maximum atomic E-state index is 11.8. The van der Waals surface area contributed by atoms with Crippen LogP contribution in [0.25, 0.3) is 0 Å². The number of rotatable bonds is 8. The van der Waals surface area contributed by atoms with Gasteiger partial charge in [-0.05, 0) is 19.8 Å². The quantitative estimate of drug-likeness (QED) is 0.481. The van der Waals surface area contributed by atoms with Crippen molar-refractivity contribution in [3.63, 3.8) is 0 Å². The van der Waals surface area contributed by atoms with Crippen LogP contribution in [0.15, 0.2) is 9.59 Å². The second kappa shape index (κ2) is 8.38. The fourth-order valence-electron chi connectivity index (χ4n) is 2.02. The van der Waals surface area contributed by atoms with Crippen molar-refractivity contribution in [1.29, 1.82) is 0 Å². The lowest BCUT2D eigenvalue weighted by atomic mass is 10.1. The number of aromatic nitrogens is 2. The van der Waals surface area contributed by atoms with Gasteiger partial charge < -0.3 is 20.1 Å². The lowest BCUT2D eigenvalue weighted by Gasteiger charge is -2.16. The summed E-state index contributed by atoms with van der Waals surface area (Å²) < 4.78 is 4.95. The Balaban J connectivity index is 2.61. The van der Waals surface area contributed by atoms with Crippen LogP contribution in [-0.2, 0) is 16.0 Å². The smallest absolute Gasteiger partial charge is 0.325 e. The summed E-state index contributed by atoms with van der Waals surface area (Å²) in [5.41, 5.74) is -0.197. The Morgan fingerprint density at radius 2 is 2.10 bits per heavy atom. The number of aromatic amines is 2. The van der Waals surface area contributed by atoms with Gasteiger partial charge >= 0.3 is 5.69 Å². The van der Waals surface area contributed by atoms with Crippen LogP contribution in [0, 0.1) is 6.92 Å². The molecule has 0 aliphatic rings. The SMILES string of the molecule is COCC(CCO)NC(=O)CCc1c(C)[nH]c(=O)[nH]c1=O. The van der Waals surface area contributed by atoms with E-state index in [1.807, 2.05) is 0 Å². The van der Waals surface area contributed by atoms with Crippen LogP contribution in [0.3, 0.4) is 0 Å². The summed E-state index contributed by atoms with van der Waals surface area (Å²) in [5, 5.41) is 11.6. The maximum absolute atomic E-state index is 11.8. The van der Waals surface area contributed by atoms with E-state index in [-0.39, 0.29) is 31.4 Å². The molecule has 1 aromatic heterocycles. The van der Waals surface area contributed by atoms with Gasteiger partial charge in [-0.25, -0.2) is 4.79 Å². The number of aryl methyl sites for hydroxylation is 1. The molecule has 1 rings (SSSR count). The standard InChI is InChI=1S/C13H21N3O5/c1-8-10(12(19)16-13(20)14-8)3-4-11(18)15-9(5-6-17)7-21-2/h9,17H,3-7H2,1-2H3,(H,15,18)(H2,14,16,19,20). The third-order valence-corrected chi connectivity index (χ3v) is 3.07. The molecule has 0 saturated heterocycles. The highest BCUT2D eigenvalue weighted by molar-refractivity contribution is 5.76. The monoisotopic (exact) mass is 299 g/mol. The molecule has 1 amide bonds. The molecular formula is C13H21N3O5. The molecule has 0 aliphatic carbocycles. The highest BCUT2D eigenvalue weighted by Crippen LogP contribution is 2.01. The molecule has 1 heterocycles. The molecule has 8 nitrogen and oxygen atoms in total. The zero-order chi connectivity index (χ0) is 15.8. The minimum absolute atomic E-state index is 0.0486. The van der Waals surface area contributed by atoms with Crippen LogP contribution in [0.4, 0.5) is 0 Å². The summed E-state index contributed by atoms with van der Waals surface area (Å²) in [4.78, 5) is 39.2. The van der Waals surface area contributed by atoms with Gasteiger partial charge in [-0.2, -0.15) is 0 Å². The average Bonchev–Trinajstić information content (AvgIpc) is 2.37. The van der Waals surface area contributed by atoms with Crippen molar-refractivity contribution in [2.24, 2.45) is 0 Å². The fraction of sp³-hybridized carbons (Fsp3) is 0.615. The van der Waals surface area contributed by atoms with E-state index in [9.17, 15) is 14.4 Å². The molecule has 0 saturated carbocycles. The summed E-state index contributed by atoms with van der Waals surface area (Å²) >= 11 is 0. The molecule has 1 aromatic rings. The van der Waals surface area contributed by atoms with E-state index in [1.54, 1.807) is 6.92 Å². The number of ether oxygens (including phenoxy) is 1. The Morgan fingerprint density at radius 3 is 2.67 bits per heavy atom. The first-order valence-electron chi connectivity index (χ1n) is 6.69. The first kappa shape index (κ1) is 17.1. The zero-order valence-electron chi connectivity index (χ0n) is 12.2. The van der Waals surface area contributed by atoms with Crippen LogP contribution in [-0.4, -0.2) is 47.3 Å². The number of methoxy groups -OCH3 is 1. The zero-order valence-corrected chi connectivity index (χ0v) is 12.2. The lowest BCUT2D eigenvalue weighted by molar-refractivity contribution is -0.122. The van der Waals surface area contributed by atoms with E-state index in [0.717, 1.165) is 0 Å². The predicted octanol–water partition coefficient (Wildman–Crippen LogP) is -1.18. The summed E-state index contributed by atoms with van der Waals surface area (Å²) in [6, 6.07) is -0.262. The van der Waals surface area contributed by atoms with Gasteiger partial charge in [0.2, 0.25) is 5.91 Å². The number of aliphatic hydroxyl groups is 1. The van der Waals surface area contributed by atoms with Crippen LogP contribution in [0.5, 0.6) is 0 Å². The number of carbonyl (C=O) groups is 1. The number of carbonyl (C=O) groups excluding carboxylic acids is 1. The second-order valence-corrected chi connectivity index (χ2v) is 4.74. The van der Waals surface area contributed by atoms with Gasteiger partial charge in [0.1, 0.15) is 0 Å². The van der Waals surface area contributed by atoms with Gasteiger partial charge in [-0.1, -0.05) is 0 Å². The molecule has 0 bridgehead atoms. The molecule has 1 unspecified atom stereocenters. The van der Waals surface area contributed by atoms with Crippen molar-refractivity contribution in [3.05, 3.63) is 32.1 Å². The van der Waals surface area contributed by atoms with E-state index >= 15 is 0 Å². The highest BCUT2D eigenvalue weighted by Gasteiger charge is 2.13. The van der Waals surface area contributed by atoms with Gasteiger partial charge in [-0.3, -0.25) is 14.6 Å². The Kier molecular flexibility index (Phi) is 6.83. The Labute approximate surface area is 121 Å². The van der Waals surface area contributed by atoms with Crippen LogP contribution in [0.2, 0.25) is 0 Å². The minimum Gasteiger partial charge on any atom is -0.396 e. The van der Waals surface area contributed by atoms with E-state index < -0.39 is 11.2 Å². The van der Waals surface area contributed by atoms with Gasteiger partial charge in [0.25, 0.3) is 5.56 Å². The fourth-order valence-corrected chi connectivity index (χ4v) is 2.02. The number of aliphatic hydroxyl groups excluding tert-OH is 1. The lowest BCUT2D eigenvalue weighted by Crippen LogP contribution is -2.39. The predicted molar refractivity (Wildman–Crippen MR) is 76.3 cm³/mol. The first-order valence-corrected chi connectivity index (χ1v) is 6.69. The van der Waals surface area contributed by atoms with Crippen molar-refractivity contribution in [3.8, 4) is 0 Å². The molecule has 0 aromatic carbocycles. The van der Waals surface area contributed by atoms with Crippen molar-refractivity contribution in [2.45, 2.75) is 32.2 Å². The Morgan fingerprint density at radius 1 is 1.38 bits per heavy atom. The molecular weight excluding hydrogens is 278 g/mol. The summed E-state index contributed by atoms with van der Waals surface area (Å²) in [7, 11) is 1.51. The van der Waals surface area contributed by atoms with E-state index in [1.165, 1.54) is 7.11 Å². The largest absolute Gasteiger partial charge is 0.396 e. The third kappa shape index (κ3) is 5.52. The summed E-state index contributed by atoms with van der Waals surface area (Å²) in [6.07, 6.45) is 0.738. The number of amides is 1. The van der Waals surface area contributed by atoms with Crippen molar-refractivity contribution >= 4 is 5.91 Å². The Bertz CT molecular complexity index is 572. The van der Waals surface area contributed by atoms with E-state index in [0.29, 0.717) is 24.3 Å². The normalized spacial score (nSPS) is 12.1. The van der Waals surface area contributed by atoms with E-state index in [2.05, 4.69) is 15.3 Å². The van der Waals surface area contributed by atoms with Gasteiger partial charge in [0, 0.05) is 31.4 Å². The number of hydrogen-bond donors (Lipinski definition) is 4. The topological polar surface area (TPSA) is 124 Å². The molecule has 1 atom stereocenters. The molecule has 118 valence electrons. The van der Waals surface area contributed by atoms with Crippen LogP contribution >= 0.6 is 0 Å². The van der Waals surface area contributed by atoms with Crippen LogP contribution in [0.1, 0.15) is 24.1 Å². The van der Waals surface area contributed by atoms with Crippen molar-refractivity contribution in [2.75, 3.05) is 20.3 Å². The minimum atomic E-state index is -0.561. The first-order chi connectivity index (χ1) is 9.97. The molecule has 4 N–H and O–H groups in total. The van der Waals surface area contributed by atoms with Crippen molar-refractivity contribution < 1.29 is 14.6 Å². The summed E-state index contributed by atoms with van der Waals surface area (Å²) in [5.74, 6) is -0.240. The number of nitrogens with one attached hydrogen (secondary N) is 3. The molecule has 0 radical (unpaired) electrons. The maximum Gasteiger partial charge on any atom is 0.325 e. The molecule has 0 spiro atoms. The van der Waals surface area contributed by atoms with Crippen LogP contribution < -0.4 is 16.6 Å². The summed E-state index contributed by atoms with van der Waals surface area (Å²) in [6.45, 7) is 1.88. The highest BCUT2D eigenvalue weighted by atomic mass is 16.5. The average molecular weight is 299 g/mol. The second-order valence-electron chi connectivity index (χ2n) is 4.74. The third-order valence-electron chi connectivity index (χ3n) is 3.07. The molecule has 8 heteroatoms. The van der Waals surface area contributed by atoms with Gasteiger partial charge in [0.15, 0.2) is 0 Å². The number of hydrogen-bond acceptors (Lipinski definition) is 5. The molecule has 0 fully saturated rings. The van der Waals surface area contributed by atoms with Crippen molar-refractivity contribution in [1.82, 2.24) is 15.3 Å². The molecule has 21 heavy (non-hydrogen) atoms. The van der Waals surface area contributed by atoms with Gasteiger partial charge in [-0.15, -0.1) is 0 Å². The molecule has 0 aliphatic heterocycles.